The van der Waals surface area contributed by atoms with Gasteiger partial charge < -0.3 is 20.5 Å². The van der Waals surface area contributed by atoms with E-state index in [1.54, 1.807) is 12.4 Å². The van der Waals surface area contributed by atoms with Crippen LogP contribution < -0.4 is 10.5 Å². The van der Waals surface area contributed by atoms with Gasteiger partial charge in [0.1, 0.15) is 29.7 Å². The van der Waals surface area contributed by atoms with Crippen LogP contribution in [0.1, 0.15) is 83.4 Å². The smallest absolute Gasteiger partial charge is 0.291 e. The molecule has 0 radical (unpaired) electrons. The molecule has 0 aliphatic carbocycles. The lowest BCUT2D eigenvalue weighted by atomic mass is 9.85. The number of aliphatic hydroxyl groups excluding tert-OH is 1. The van der Waals surface area contributed by atoms with Gasteiger partial charge in [-0.25, -0.2) is 9.97 Å². The molecule has 1 amide bonds. The standard InChI is InChI=1S/C26H27N9O4/c1-12(36)20-21(13-6-15-2-3-16(7-13)34(15)26(38)24-29-11-30-33-24)32-25-17(10-31-35(25)23(20)27)14-8-19-22(28-9-14)18(37)4-5-39-19/h8-11,13,15-16,18,37H,2-7,27H2,1H3,(H,29,30,33). The number of rotatable bonds is 4. The molecule has 4 aromatic heterocycles. The lowest BCUT2D eigenvalue weighted by molar-refractivity contribution is 0.0556. The first-order valence-corrected chi connectivity index (χ1v) is 13.1. The molecule has 3 atom stereocenters. The number of fused-ring (bicyclic) bond motifs is 4. The Morgan fingerprint density at radius 3 is 2.64 bits per heavy atom. The van der Waals surface area contributed by atoms with Crippen LogP contribution in [0.4, 0.5) is 5.82 Å². The molecule has 0 aromatic carbocycles. The molecule has 200 valence electrons. The summed E-state index contributed by atoms with van der Waals surface area (Å²) < 4.78 is 7.23. The average molecular weight is 530 g/mol. The van der Waals surface area contributed by atoms with Gasteiger partial charge in [0.15, 0.2) is 11.4 Å². The molecule has 7 rings (SSSR count). The minimum absolute atomic E-state index is 0.00297. The topological polar surface area (TPSA) is 178 Å². The van der Waals surface area contributed by atoms with Crippen molar-refractivity contribution in [1.29, 1.82) is 0 Å². The Hall–Kier alpha value is -4.39. The number of ether oxygens (including phenoxy) is 1. The number of piperidine rings is 1. The van der Waals surface area contributed by atoms with Crippen LogP contribution in [0.3, 0.4) is 0 Å². The summed E-state index contributed by atoms with van der Waals surface area (Å²) in [5.41, 5.74) is 9.99. The zero-order valence-electron chi connectivity index (χ0n) is 21.2. The summed E-state index contributed by atoms with van der Waals surface area (Å²) in [6, 6.07) is 1.83. The van der Waals surface area contributed by atoms with Gasteiger partial charge in [-0.15, -0.1) is 0 Å². The third-order valence-electron chi connectivity index (χ3n) is 8.19. The fraction of sp³-hybridized carbons (Fsp3) is 0.423. The van der Waals surface area contributed by atoms with Crippen molar-refractivity contribution in [3.8, 4) is 16.9 Å². The van der Waals surface area contributed by atoms with Crippen LogP contribution >= 0.6 is 0 Å². The summed E-state index contributed by atoms with van der Waals surface area (Å²) in [7, 11) is 0. The SMILES string of the molecule is CC(=O)c1c(C2CC3CCC(C2)N3C(=O)c2ncn[nH]2)nc2c(-c3cnc4c(c3)OCCC4O)cnn2c1N. The number of aliphatic hydroxyl groups is 1. The molecule has 13 nitrogen and oxygen atoms in total. The average Bonchev–Trinajstić information content (AvgIpc) is 3.66. The molecular formula is C26H27N9O4. The number of pyridine rings is 1. The van der Waals surface area contributed by atoms with Crippen LogP contribution in [0.25, 0.3) is 16.8 Å². The van der Waals surface area contributed by atoms with Crippen LogP contribution in [0.15, 0.2) is 24.8 Å². The summed E-state index contributed by atoms with van der Waals surface area (Å²) in [5, 5.41) is 21.2. The molecule has 3 unspecified atom stereocenters. The van der Waals surface area contributed by atoms with Crippen molar-refractivity contribution in [2.45, 2.75) is 63.1 Å². The van der Waals surface area contributed by atoms with Crippen LogP contribution in [-0.2, 0) is 0 Å². The summed E-state index contributed by atoms with van der Waals surface area (Å²) in [4.78, 5) is 41.4. The number of anilines is 1. The molecule has 2 saturated heterocycles. The second-order valence-corrected chi connectivity index (χ2v) is 10.5. The summed E-state index contributed by atoms with van der Waals surface area (Å²) in [6.45, 7) is 1.89. The number of carbonyl (C=O) groups excluding carboxylic acids is 2. The minimum Gasteiger partial charge on any atom is -0.491 e. The molecule has 39 heavy (non-hydrogen) atoms. The Morgan fingerprint density at radius 1 is 1.13 bits per heavy atom. The predicted molar refractivity (Wildman–Crippen MR) is 137 cm³/mol. The second-order valence-electron chi connectivity index (χ2n) is 10.5. The lowest BCUT2D eigenvalue weighted by Gasteiger charge is -2.38. The molecule has 2 bridgehead atoms. The Balaban J connectivity index is 1.29. The van der Waals surface area contributed by atoms with Crippen molar-refractivity contribution in [2.75, 3.05) is 12.3 Å². The highest BCUT2D eigenvalue weighted by Crippen LogP contribution is 2.45. The zero-order chi connectivity index (χ0) is 26.8. The molecule has 0 spiro atoms. The number of H-pyrrole nitrogens is 1. The Morgan fingerprint density at radius 2 is 1.92 bits per heavy atom. The van der Waals surface area contributed by atoms with Crippen LogP contribution in [-0.4, -0.2) is 75.2 Å². The normalized spacial score (nSPS) is 24.0. The van der Waals surface area contributed by atoms with Crippen molar-refractivity contribution in [1.82, 2.24) is 39.7 Å². The van der Waals surface area contributed by atoms with Gasteiger partial charge >= 0.3 is 0 Å². The third-order valence-corrected chi connectivity index (χ3v) is 8.19. The molecular weight excluding hydrogens is 502 g/mol. The molecule has 2 fully saturated rings. The summed E-state index contributed by atoms with van der Waals surface area (Å²) >= 11 is 0. The highest BCUT2D eigenvalue weighted by molar-refractivity contribution is 6.00. The maximum atomic E-state index is 13.1. The number of amides is 1. The number of aromatic nitrogens is 7. The van der Waals surface area contributed by atoms with Gasteiger partial charge in [-0.1, -0.05) is 0 Å². The van der Waals surface area contributed by atoms with E-state index in [0.29, 0.717) is 59.8 Å². The van der Waals surface area contributed by atoms with Gasteiger partial charge in [-0.05, 0) is 38.7 Å². The molecule has 0 saturated carbocycles. The van der Waals surface area contributed by atoms with E-state index in [0.717, 1.165) is 18.4 Å². The zero-order valence-corrected chi connectivity index (χ0v) is 21.2. The first-order chi connectivity index (χ1) is 18.9. The van der Waals surface area contributed by atoms with Crippen molar-refractivity contribution in [3.63, 3.8) is 0 Å². The highest BCUT2D eigenvalue weighted by Gasteiger charge is 2.45. The predicted octanol–water partition coefficient (Wildman–Crippen LogP) is 2.06. The fourth-order valence-electron chi connectivity index (χ4n) is 6.44. The van der Waals surface area contributed by atoms with Gasteiger partial charge in [0.25, 0.3) is 5.91 Å². The van der Waals surface area contributed by atoms with Gasteiger partial charge in [0.2, 0.25) is 5.82 Å². The van der Waals surface area contributed by atoms with E-state index in [2.05, 4.69) is 25.3 Å². The molecule has 3 aliphatic rings. The van der Waals surface area contributed by atoms with E-state index in [9.17, 15) is 14.7 Å². The highest BCUT2D eigenvalue weighted by atomic mass is 16.5. The molecule has 3 aliphatic heterocycles. The molecule has 7 heterocycles. The number of hydrogen-bond acceptors (Lipinski definition) is 10. The minimum atomic E-state index is -0.664. The number of carbonyl (C=O) groups is 2. The van der Waals surface area contributed by atoms with E-state index >= 15 is 0 Å². The monoisotopic (exact) mass is 529 g/mol. The third kappa shape index (κ3) is 3.67. The van der Waals surface area contributed by atoms with E-state index in [4.69, 9.17) is 15.5 Å². The number of nitrogens with two attached hydrogens (primary N) is 1. The molecule has 4 N–H and O–H groups in total. The van der Waals surface area contributed by atoms with E-state index < -0.39 is 6.10 Å². The summed E-state index contributed by atoms with van der Waals surface area (Å²) in [6.07, 6.45) is 7.55. The Kier molecular flexibility index (Phi) is 5.37. The number of hydrogen-bond donors (Lipinski definition) is 3. The van der Waals surface area contributed by atoms with Crippen molar-refractivity contribution < 1.29 is 19.4 Å². The first-order valence-electron chi connectivity index (χ1n) is 13.1. The van der Waals surface area contributed by atoms with Crippen LogP contribution in [0, 0.1) is 0 Å². The Bertz CT molecular complexity index is 1600. The van der Waals surface area contributed by atoms with Gasteiger partial charge in [-0.2, -0.15) is 14.7 Å². The number of ketones is 1. The van der Waals surface area contributed by atoms with Crippen molar-refractivity contribution in [2.24, 2.45) is 0 Å². The number of nitrogens with zero attached hydrogens (tertiary/aromatic N) is 7. The lowest BCUT2D eigenvalue weighted by Crippen LogP contribution is -2.46. The van der Waals surface area contributed by atoms with Crippen molar-refractivity contribution in [3.05, 3.63) is 47.6 Å². The van der Waals surface area contributed by atoms with Gasteiger partial charge in [0.05, 0.1) is 24.1 Å². The van der Waals surface area contributed by atoms with E-state index in [-0.39, 0.29) is 41.3 Å². The number of nitrogen functional groups attached to an aromatic ring is 1. The summed E-state index contributed by atoms with van der Waals surface area (Å²) in [5.74, 6) is 0.601. The van der Waals surface area contributed by atoms with Crippen LogP contribution in [0.5, 0.6) is 5.75 Å². The van der Waals surface area contributed by atoms with Crippen LogP contribution in [0.2, 0.25) is 0 Å². The maximum absolute atomic E-state index is 13.1. The Labute approximate surface area is 222 Å². The van der Waals surface area contributed by atoms with Gasteiger partial charge in [-0.3, -0.25) is 19.7 Å². The first kappa shape index (κ1) is 23.7. The second kappa shape index (κ2) is 8.83. The molecule has 4 aromatic rings. The fourth-order valence-corrected chi connectivity index (χ4v) is 6.44. The van der Waals surface area contributed by atoms with E-state index in [1.165, 1.54) is 17.8 Å². The van der Waals surface area contributed by atoms with Crippen molar-refractivity contribution >= 4 is 23.2 Å². The number of aromatic amines is 1. The van der Waals surface area contributed by atoms with E-state index in [1.807, 2.05) is 11.0 Å². The molecule has 13 heteroatoms. The number of Topliss-reactive ketones (excluding diaryl/α,β-unsaturated/α-hetero) is 1. The largest absolute Gasteiger partial charge is 0.491 e. The van der Waals surface area contributed by atoms with Gasteiger partial charge in [0, 0.05) is 41.7 Å². The maximum Gasteiger partial charge on any atom is 0.291 e. The number of nitrogens with one attached hydrogen (secondary N) is 1. The quantitative estimate of drug-likeness (QED) is 0.331.